The number of benzene rings is 1. The molecule has 1 amide bonds. The molecule has 0 bridgehead atoms. The van der Waals surface area contributed by atoms with Gasteiger partial charge < -0.3 is 10.6 Å². The van der Waals surface area contributed by atoms with Gasteiger partial charge in [-0.1, -0.05) is 20.8 Å². The highest BCUT2D eigenvalue weighted by atomic mass is 32.2. The lowest BCUT2D eigenvalue weighted by Gasteiger charge is -2.07. The van der Waals surface area contributed by atoms with Crippen LogP contribution < -0.4 is 10.6 Å². The Balaban J connectivity index is 2.43. The highest BCUT2D eigenvalue weighted by Crippen LogP contribution is 2.22. The molecule has 0 fully saturated rings. The summed E-state index contributed by atoms with van der Waals surface area (Å²) in [6.07, 6.45) is 0. The normalized spacial score (nSPS) is 10.7. The fraction of sp³-hybridized carbons (Fsp3) is 0.500. The fourth-order valence-corrected chi connectivity index (χ4v) is 2.34. The Morgan fingerprint density at radius 3 is 2.44 bits per heavy atom. The van der Waals surface area contributed by atoms with Gasteiger partial charge in [0.05, 0.1) is 0 Å². The van der Waals surface area contributed by atoms with E-state index in [1.165, 1.54) is 4.90 Å². The Morgan fingerprint density at radius 1 is 1.22 bits per heavy atom. The van der Waals surface area contributed by atoms with Crippen LogP contribution in [0, 0.1) is 0 Å². The second-order valence-corrected chi connectivity index (χ2v) is 5.95. The minimum absolute atomic E-state index is 0.00556. The van der Waals surface area contributed by atoms with E-state index in [0.29, 0.717) is 11.8 Å². The van der Waals surface area contributed by atoms with Crippen molar-refractivity contribution in [3.8, 4) is 0 Å². The monoisotopic (exact) mass is 266 g/mol. The Morgan fingerprint density at radius 2 is 1.89 bits per heavy atom. The van der Waals surface area contributed by atoms with Crippen LogP contribution in [0.4, 0.5) is 0 Å². The second kappa shape index (κ2) is 8.16. The van der Waals surface area contributed by atoms with Crippen LogP contribution >= 0.6 is 11.8 Å². The first-order valence-corrected chi connectivity index (χ1v) is 7.27. The first kappa shape index (κ1) is 15.1. The molecule has 1 aromatic rings. The van der Waals surface area contributed by atoms with E-state index in [2.05, 4.69) is 24.5 Å². The molecule has 0 aliphatic rings. The molecule has 3 nitrogen and oxygen atoms in total. The average Bonchev–Trinajstić information content (AvgIpc) is 2.34. The summed E-state index contributed by atoms with van der Waals surface area (Å²) in [4.78, 5) is 13.0. The van der Waals surface area contributed by atoms with E-state index in [1.54, 1.807) is 11.8 Å². The molecule has 0 saturated heterocycles. The second-order valence-electron chi connectivity index (χ2n) is 4.30. The summed E-state index contributed by atoms with van der Waals surface area (Å²) < 4.78 is 0. The van der Waals surface area contributed by atoms with Crippen molar-refractivity contribution in [2.45, 2.75) is 30.9 Å². The smallest absolute Gasteiger partial charge is 0.251 e. The van der Waals surface area contributed by atoms with Crippen molar-refractivity contribution in [2.24, 2.45) is 0 Å². The number of rotatable bonds is 7. The molecule has 1 aromatic carbocycles. The summed E-state index contributed by atoms with van der Waals surface area (Å²) in [6.45, 7) is 8.76. The van der Waals surface area contributed by atoms with Gasteiger partial charge in [0.2, 0.25) is 0 Å². The zero-order valence-corrected chi connectivity index (χ0v) is 12.1. The number of carbonyl (C=O) groups is 1. The molecule has 0 atom stereocenters. The van der Waals surface area contributed by atoms with Gasteiger partial charge in [-0.15, -0.1) is 11.8 Å². The van der Waals surface area contributed by atoms with Crippen LogP contribution in [-0.4, -0.2) is 30.8 Å². The maximum Gasteiger partial charge on any atom is 0.251 e. The third kappa shape index (κ3) is 5.56. The third-order valence-corrected chi connectivity index (χ3v) is 3.34. The van der Waals surface area contributed by atoms with Gasteiger partial charge >= 0.3 is 0 Å². The van der Waals surface area contributed by atoms with Gasteiger partial charge in [-0.3, -0.25) is 4.79 Å². The van der Waals surface area contributed by atoms with E-state index >= 15 is 0 Å². The number of carbonyl (C=O) groups excluding carboxylic acids is 1. The zero-order chi connectivity index (χ0) is 13.4. The van der Waals surface area contributed by atoms with E-state index in [4.69, 9.17) is 0 Å². The van der Waals surface area contributed by atoms with Crippen molar-refractivity contribution in [1.82, 2.24) is 10.6 Å². The summed E-state index contributed by atoms with van der Waals surface area (Å²) in [5, 5.41) is 6.61. The SMILES string of the molecule is CCNCCNC(=O)c1ccc(SC(C)C)cc1. The van der Waals surface area contributed by atoms with Crippen molar-refractivity contribution in [1.29, 1.82) is 0 Å². The fourth-order valence-electron chi connectivity index (χ4n) is 1.50. The largest absolute Gasteiger partial charge is 0.351 e. The van der Waals surface area contributed by atoms with E-state index in [0.717, 1.165) is 18.7 Å². The highest BCUT2D eigenvalue weighted by molar-refractivity contribution is 7.99. The molecule has 4 heteroatoms. The van der Waals surface area contributed by atoms with E-state index in [1.807, 2.05) is 31.2 Å². The first-order chi connectivity index (χ1) is 8.63. The Kier molecular flexibility index (Phi) is 6.83. The van der Waals surface area contributed by atoms with Crippen molar-refractivity contribution < 1.29 is 4.79 Å². The molecular formula is C14H22N2OS. The number of hydrogen-bond acceptors (Lipinski definition) is 3. The molecule has 0 aromatic heterocycles. The van der Waals surface area contributed by atoms with E-state index in [-0.39, 0.29) is 5.91 Å². The van der Waals surface area contributed by atoms with Gasteiger partial charge in [-0.05, 0) is 30.8 Å². The maximum atomic E-state index is 11.8. The van der Waals surface area contributed by atoms with Crippen LogP contribution in [0.25, 0.3) is 0 Å². The highest BCUT2D eigenvalue weighted by Gasteiger charge is 2.05. The van der Waals surface area contributed by atoms with Gasteiger partial charge in [0, 0.05) is 28.8 Å². The molecule has 0 saturated carbocycles. The van der Waals surface area contributed by atoms with Crippen LogP contribution in [0.15, 0.2) is 29.2 Å². The summed E-state index contributed by atoms with van der Waals surface area (Å²) in [7, 11) is 0. The van der Waals surface area contributed by atoms with Crippen LogP contribution in [0.2, 0.25) is 0 Å². The van der Waals surface area contributed by atoms with Crippen molar-refractivity contribution in [2.75, 3.05) is 19.6 Å². The minimum atomic E-state index is -0.00556. The summed E-state index contributed by atoms with van der Waals surface area (Å²) in [5.41, 5.74) is 0.722. The summed E-state index contributed by atoms with van der Waals surface area (Å²) in [5.74, 6) is -0.00556. The van der Waals surface area contributed by atoms with Gasteiger partial charge in [0.1, 0.15) is 0 Å². The lowest BCUT2D eigenvalue weighted by molar-refractivity contribution is 0.0954. The molecule has 2 N–H and O–H groups in total. The maximum absolute atomic E-state index is 11.8. The molecule has 100 valence electrons. The number of thioether (sulfide) groups is 1. The van der Waals surface area contributed by atoms with Crippen molar-refractivity contribution >= 4 is 17.7 Å². The molecule has 0 unspecified atom stereocenters. The molecule has 18 heavy (non-hydrogen) atoms. The van der Waals surface area contributed by atoms with Gasteiger partial charge in [0.15, 0.2) is 0 Å². The molecule has 0 spiro atoms. The zero-order valence-electron chi connectivity index (χ0n) is 11.3. The molecule has 0 heterocycles. The van der Waals surface area contributed by atoms with Gasteiger partial charge in [-0.25, -0.2) is 0 Å². The Bertz CT molecular complexity index is 363. The lowest BCUT2D eigenvalue weighted by Crippen LogP contribution is -2.31. The molecule has 0 radical (unpaired) electrons. The molecule has 1 rings (SSSR count). The third-order valence-electron chi connectivity index (χ3n) is 2.33. The number of likely N-dealkylation sites (N-methyl/N-ethyl adjacent to an activating group) is 1. The predicted octanol–water partition coefficient (Wildman–Crippen LogP) is 2.53. The van der Waals surface area contributed by atoms with Crippen molar-refractivity contribution in [3.63, 3.8) is 0 Å². The van der Waals surface area contributed by atoms with Crippen LogP contribution in [0.3, 0.4) is 0 Å². The van der Waals surface area contributed by atoms with Gasteiger partial charge in [0.25, 0.3) is 5.91 Å². The minimum Gasteiger partial charge on any atom is -0.351 e. The standard InChI is InChI=1S/C14H22N2OS/c1-4-15-9-10-16-14(17)12-5-7-13(8-6-12)18-11(2)3/h5-8,11,15H,4,9-10H2,1-3H3,(H,16,17). The van der Waals surface area contributed by atoms with Crippen LogP contribution in [0.5, 0.6) is 0 Å². The molecule has 0 aliphatic heterocycles. The van der Waals surface area contributed by atoms with Crippen LogP contribution in [-0.2, 0) is 0 Å². The Hall–Kier alpha value is -1.00. The van der Waals surface area contributed by atoms with Crippen LogP contribution in [0.1, 0.15) is 31.1 Å². The number of amides is 1. The lowest BCUT2D eigenvalue weighted by atomic mass is 10.2. The van der Waals surface area contributed by atoms with E-state index < -0.39 is 0 Å². The molecule has 0 aliphatic carbocycles. The Labute approximate surface area is 114 Å². The van der Waals surface area contributed by atoms with E-state index in [9.17, 15) is 4.79 Å². The predicted molar refractivity (Wildman–Crippen MR) is 78.3 cm³/mol. The topological polar surface area (TPSA) is 41.1 Å². The van der Waals surface area contributed by atoms with Gasteiger partial charge in [-0.2, -0.15) is 0 Å². The first-order valence-electron chi connectivity index (χ1n) is 6.39. The number of nitrogens with one attached hydrogen (secondary N) is 2. The quantitative estimate of drug-likeness (QED) is 0.588. The molecular weight excluding hydrogens is 244 g/mol. The number of hydrogen-bond donors (Lipinski definition) is 2. The summed E-state index contributed by atoms with van der Waals surface area (Å²) in [6, 6.07) is 7.77. The summed E-state index contributed by atoms with van der Waals surface area (Å²) >= 11 is 1.80. The average molecular weight is 266 g/mol. The van der Waals surface area contributed by atoms with Crippen molar-refractivity contribution in [3.05, 3.63) is 29.8 Å².